The molecule has 1 fully saturated rings. The van der Waals surface area contributed by atoms with Crippen LogP contribution in [0.3, 0.4) is 0 Å². The third kappa shape index (κ3) is 4.61. The summed E-state index contributed by atoms with van der Waals surface area (Å²) in [5, 5.41) is 2.86. The van der Waals surface area contributed by atoms with Crippen molar-refractivity contribution in [1.82, 2.24) is 0 Å². The number of amides is 1. The molecule has 6 heteroatoms. The Morgan fingerprint density at radius 3 is 2.35 bits per heavy atom. The molecule has 0 radical (unpaired) electrons. The molecule has 138 valence electrons. The van der Waals surface area contributed by atoms with Crippen LogP contribution in [0.4, 0.5) is 18.9 Å². The lowest BCUT2D eigenvalue weighted by Gasteiger charge is -2.25. The lowest BCUT2D eigenvalue weighted by Crippen LogP contribution is -2.15. The molecule has 1 saturated carbocycles. The van der Waals surface area contributed by atoms with Crippen LogP contribution in [-0.2, 0) is 0 Å². The van der Waals surface area contributed by atoms with Crippen LogP contribution in [0.2, 0.25) is 0 Å². The zero-order valence-corrected chi connectivity index (χ0v) is 15.2. The van der Waals surface area contributed by atoms with Crippen LogP contribution in [0.1, 0.15) is 43.0 Å². The Morgan fingerprint density at radius 1 is 0.962 bits per heavy atom. The standard InChI is InChI=1S/C20H20F3NOS/c1-12-2-6-15(7-3-12)26-19-10-13(4-8-17(19)22)20(25)24-14-5-9-16(21)18(23)11-14/h4-5,8-12,15H,2-3,6-7H2,1H3,(H,24,25). The van der Waals surface area contributed by atoms with Gasteiger partial charge >= 0.3 is 0 Å². The number of hydrogen-bond donors (Lipinski definition) is 1. The van der Waals surface area contributed by atoms with Gasteiger partial charge in [-0.05, 0) is 61.9 Å². The van der Waals surface area contributed by atoms with Gasteiger partial charge in [0.1, 0.15) is 5.82 Å². The summed E-state index contributed by atoms with van der Waals surface area (Å²) in [6.07, 6.45) is 4.35. The lowest BCUT2D eigenvalue weighted by atomic mass is 9.91. The number of carbonyl (C=O) groups excluding carboxylic acids is 1. The topological polar surface area (TPSA) is 29.1 Å². The van der Waals surface area contributed by atoms with Crippen molar-refractivity contribution in [3.63, 3.8) is 0 Å². The molecular weight excluding hydrogens is 359 g/mol. The van der Waals surface area contributed by atoms with E-state index in [-0.39, 0.29) is 17.1 Å². The molecule has 1 N–H and O–H groups in total. The Bertz CT molecular complexity index is 804. The van der Waals surface area contributed by atoms with Gasteiger partial charge in [-0.15, -0.1) is 11.8 Å². The van der Waals surface area contributed by atoms with Crippen molar-refractivity contribution in [3.8, 4) is 0 Å². The molecular formula is C20H20F3NOS. The highest BCUT2D eigenvalue weighted by molar-refractivity contribution is 8.00. The summed E-state index contributed by atoms with van der Waals surface area (Å²) in [7, 11) is 0. The van der Waals surface area contributed by atoms with Crippen LogP contribution in [0, 0.1) is 23.4 Å². The predicted octanol–water partition coefficient (Wildman–Crippen LogP) is 6.03. The molecule has 1 amide bonds. The zero-order chi connectivity index (χ0) is 18.7. The minimum absolute atomic E-state index is 0.147. The highest BCUT2D eigenvalue weighted by Crippen LogP contribution is 2.37. The zero-order valence-electron chi connectivity index (χ0n) is 14.4. The maximum Gasteiger partial charge on any atom is 0.255 e. The Hall–Kier alpha value is -1.95. The monoisotopic (exact) mass is 379 g/mol. The second-order valence-corrected chi connectivity index (χ2v) is 8.07. The summed E-state index contributed by atoms with van der Waals surface area (Å²) in [5.41, 5.74) is 0.427. The van der Waals surface area contributed by atoms with Crippen molar-refractivity contribution in [2.75, 3.05) is 5.32 Å². The van der Waals surface area contributed by atoms with E-state index in [0.29, 0.717) is 16.1 Å². The minimum Gasteiger partial charge on any atom is -0.322 e. The fourth-order valence-electron chi connectivity index (χ4n) is 3.04. The van der Waals surface area contributed by atoms with Crippen molar-refractivity contribution >= 4 is 23.4 Å². The fraction of sp³-hybridized carbons (Fsp3) is 0.350. The molecule has 0 saturated heterocycles. The Kier molecular flexibility index (Phi) is 5.91. The summed E-state index contributed by atoms with van der Waals surface area (Å²) in [6, 6.07) is 7.31. The number of hydrogen-bond acceptors (Lipinski definition) is 2. The first-order valence-electron chi connectivity index (χ1n) is 8.65. The normalized spacial score (nSPS) is 20.0. The first kappa shape index (κ1) is 18.8. The van der Waals surface area contributed by atoms with Gasteiger partial charge in [-0.25, -0.2) is 13.2 Å². The predicted molar refractivity (Wildman–Crippen MR) is 98.0 cm³/mol. The maximum atomic E-state index is 14.1. The largest absolute Gasteiger partial charge is 0.322 e. The number of carbonyl (C=O) groups is 1. The van der Waals surface area contributed by atoms with Crippen LogP contribution in [0.15, 0.2) is 41.3 Å². The third-order valence-corrected chi connectivity index (χ3v) is 6.00. The quantitative estimate of drug-likeness (QED) is 0.703. The van der Waals surface area contributed by atoms with Crippen molar-refractivity contribution in [3.05, 3.63) is 59.4 Å². The summed E-state index contributed by atoms with van der Waals surface area (Å²) >= 11 is 1.47. The molecule has 2 nitrogen and oxygen atoms in total. The summed E-state index contributed by atoms with van der Waals surface area (Å²) < 4.78 is 40.4. The second-order valence-electron chi connectivity index (χ2n) is 6.73. The van der Waals surface area contributed by atoms with Crippen LogP contribution in [0.5, 0.6) is 0 Å². The van der Waals surface area contributed by atoms with E-state index in [4.69, 9.17) is 0 Å². The van der Waals surface area contributed by atoms with Crippen LogP contribution in [-0.4, -0.2) is 11.2 Å². The SMILES string of the molecule is CC1CCC(Sc2cc(C(=O)Nc3ccc(F)c(F)c3)ccc2F)CC1. The average Bonchev–Trinajstić information content (AvgIpc) is 2.62. The first-order valence-corrected chi connectivity index (χ1v) is 9.53. The van der Waals surface area contributed by atoms with Gasteiger partial charge < -0.3 is 5.32 Å². The number of benzene rings is 2. The minimum atomic E-state index is -1.04. The van der Waals surface area contributed by atoms with Gasteiger partial charge in [0, 0.05) is 27.5 Å². The summed E-state index contributed by atoms with van der Waals surface area (Å²) in [6.45, 7) is 2.23. The van der Waals surface area contributed by atoms with E-state index in [2.05, 4.69) is 12.2 Å². The van der Waals surface area contributed by atoms with Gasteiger partial charge in [0.2, 0.25) is 0 Å². The number of rotatable bonds is 4. The van der Waals surface area contributed by atoms with Gasteiger partial charge in [-0.3, -0.25) is 4.79 Å². The molecule has 2 aromatic carbocycles. The number of thioether (sulfide) groups is 1. The van der Waals surface area contributed by atoms with Crippen molar-refractivity contribution < 1.29 is 18.0 Å². The van der Waals surface area contributed by atoms with Gasteiger partial charge in [-0.2, -0.15) is 0 Å². The molecule has 3 rings (SSSR count). The molecule has 1 aliphatic carbocycles. The summed E-state index contributed by atoms with van der Waals surface area (Å²) in [5.74, 6) is -2.15. The van der Waals surface area contributed by atoms with Crippen LogP contribution < -0.4 is 5.32 Å². The number of halogens is 3. The van der Waals surface area contributed by atoms with E-state index in [1.807, 2.05) is 0 Å². The van der Waals surface area contributed by atoms with Crippen LogP contribution >= 0.6 is 11.8 Å². The van der Waals surface area contributed by atoms with Crippen LogP contribution in [0.25, 0.3) is 0 Å². The van der Waals surface area contributed by atoms with E-state index in [1.165, 1.54) is 36.0 Å². The summed E-state index contributed by atoms with van der Waals surface area (Å²) in [4.78, 5) is 12.8. The Morgan fingerprint density at radius 2 is 1.65 bits per heavy atom. The van der Waals surface area contributed by atoms with Gasteiger partial charge in [0.25, 0.3) is 5.91 Å². The number of anilines is 1. The first-order chi connectivity index (χ1) is 12.4. The van der Waals surface area contributed by atoms with Crippen molar-refractivity contribution in [2.24, 2.45) is 5.92 Å². The average molecular weight is 379 g/mol. The molecule has 1 aliphatic rings. The Labute approximate surface area is 155 Å². The molecule has 2 aromatic rings. The van der Waals surface area contributed by atoms with E-state index in [1.54, 1.807) is 0 Å². The molecule has 0 unspecified atom stereocenters. The molecule has 0 atom stereocenters. The lowest BCUT2D eigenvalue weighted by molar-refractivity contribution is 0.102. The number of nitrogens with one attached hydrogen (secondary N) is 1. The van der Waals surface area contributed by atoms with E-state index in [9.17, 15) is 18.0 Å². The highest BCUT2D eigenvalue weighted by Gasteiger charge is 2.21. The molecule has 0 bridgehead atoms. The molecule has 0 heterocycles. The maximum absolute atomic E-state index is 14.1. The molecule has 0 aliphatic heterocycles. The second kappa shape index (κ2) is 8.16. The van der Waals surface area contributed by atoms with Crippen molar-refractivity contribution in [2.45, 2.75) is 42.8 Å². The smallest absolute Gasteiger partial charge is 0.255 e. The molecule has 0 spiro atoms. The fourth-order valence-corrected chi connectivity index (χ4v) is 4.28. The van der Waals surface area contributed by atoms with Crippen molar-refractivity contribution in [1.29, 1.82) is 0 Å². The van der Waals surface area contributed by atoms with E-state index >= 15 is 0 Å². The van der Waals surface area contributed by atoms with E-state index < -0.39 is 17.5 Å². The third-order valence-electron chi connectivity index (χ3n) is 4.63. The van der Waals surface area contributed by atoms with Gasteiger partial charge in [0.15, 0.2) is 11.6 Å². The Balaban J connectivity index is 1.71. The molecule has 0 aromatic heterocycles. The van der Waals surface area contributed by atoms with Gasteiger partial charge in [0.05, 0.1) is 0 Å². The van der Waals surface area contributed by atoms with Gasteiger partial charge in [-0.1, -0.05) is 6.92 Å². The molecule has 26 heavy (non-hydrogen) atoms. The van der Waals surface area contributed by atoms with E-state index in [0.717, 1.165) is 37.8 Å². The highest BCUT2D eigenvalue weighted by atomic mass is 32.2.